The largest absolute Gasteiger partial charge is 0.456 e. The number of imidazole rings is 2. The molecule has 14 heteroatoms. The molecule has 0 saturated carbocycles. The molecule has 0 aliphatic rings. The molecule has 8 heterocycles. The van der Waals surface area contributed by atoms with E-state index in [9.17, 15) is 0 Å². The summed E-state index contributed by atoms with van der Waals surface area (Å²) in [6.07, 6.45) is 0. The number of rotatable bonds is 11. The molecule has 494 valence electrons. The van der Waals surface area contributed by atoms with E-state index in [1.54, 1.807) is 0 Å². The predicted molar refractivity (Wildman–Crippen MR) is 421 cm³/mol. The molecule has 0 fully saturated rings. The summed E-state index contributed by atoms with van der Waals surface area (Å²) < 4.78 is 31.6. The van der Waals surface area contributed by atoms with Gasteiger partial charge >= 0.3 is 0 Å². The molecular formula is C92H52N10O4. The van der Waals surface area contributed by atoms with Crippen molar-refractivity contribution in [2.75, 3.05) is 0 Å². The molecule has 0 aliphatic heterocycles. The van der Waals surface area contributed by atoms with E-state index in [0.717, 1.165) is 161 Å². The molecule has 0 amide bonds. The van der Waals surface area contributed by atoms with E-state index in [4.69, 9.17) is 57.5 Å². The van der Waals surface area contributed by atoms with Crippen LogP contribution in [-0.2, 0) is 0 Å². The number of hydrogen-bond acceptors (Lipinski definition) is 12. The zero-order valence-corrected chi connectivity index (χ0v) is 56.1. The van der Waals surface area contributed by atoms with Gasteiger partial charge in [0.2, 0.25) is 0 Å². The van der Waals surface area contributed by atoms with Crippen molar-refractivity contribution < 1.29 is 17.7 Å². The van der Waals surface area contributed by atoms with Crippen molar-refractivity contribution in [2.24, 2.45) is 0 Å². The van der Waals surface area contributed by atoms with Gasteiger partial charge in [0.05, 0.1) is 27.6 Å². The Balaban J connectivity index is 0.709. The first-order valence-corrected chi connectivity index (χ1v) is 35.0. The minimum absolute atomic E-state index is 0.457. The van der Waals surface area contributed by atoms with Gasteiger partial charge in [-0.25, -0.2) is 39.9 Å². The minimum atomic E-state index is 0.457. The number of benzene rings is 14. The van der Waals surface area contributed by atoms with E-state index in [0.29, 0.717) is 62.9 Å². The molecule has 106 heavy (non-hydrogen) atoms. The van der Waals surface area contributed by atoms with Gasteiger partial charge in [-0.2, -0.15) is 0 Å². The van der Waals surface area contributed by atoms with Gasteiger partial charge in [0, 0.05) is 93.4 Å². The van der Waals surface area contributed by atoms with Crippen LogP contribution in [-0.4, -0.2) is 49.0 Å². The highest BCUT2D eigenvalue weighted by atomic mass is 16.3. The molecule has 8 aromatic heterocycles. The first-order chi connectivity index (χ1) is 52.5. The Hall–Kier alpha value is -14.8. The molecule has 0 radical (unpaired) electrons. The lowest BCUT2D eigenvalue weighted by Crippen LogP contribution is -2.01. The van der Waals surface area contributed by atoms with E-state index in [1.165, 1.54) is 0 Å². The van der Waals surface area contributed by atoms with Crippen LogP contribution in [0.2, 0.25) is 0 Å². The molecule has 22 aromatic rings. The molecule has 14 aromatic carbocycles. The average Bonchev–Trinajstić information content (AvgIpc) is 1.56. The van der Waals surface area contributed by atoms with Gasteiger partial charge in [-0.3, -0.25) is 9.13 Å². The van der Waals surface area contributed by atoms with Crippen molar-refractivity contribution in [1.29, 1.82) is 0 Å². The quantitative estimate of drug-likeness (QED) is 0.120. The molecule has 14 nitrogen and oxygen atoms in total. The van der Waals surface area contributed by atoms with Crippen molar-refractivity contribution in [3.05, 3.63) is 315 Å². The molecule has 0 atom stereocenters. The third kappa shape index (κ3) is 9.51. The molecule has 0 saturated heterocycles. The average molecular weight is 1360 g/mol. The summed E-state index contributed by atoms with van der Waals surface area (Å²) in [5.41, 5.74) is 19.5. The molecule has 22 rings (SSSR count). The zero-order chi connectivity index (χ0) is 69.5. The second-order valence-corrected chi connectivity index (χ2v) is 26.5. The van der Waals surface area contributed by atoms with Crippen LogP contribution >= 0.6 is 0 Å². The maximum absolute atomic E-state index is 7.20. The lowest BCUT2D eigenvalue weighted by molar-refractivity contribution is 0.668. The Morgan fingerprint density at radius 2 is 0.632 bits per heavy atom. The molecule has 0 unspecified atom stereocenters. The Morgan fingerprint density at radius 3 is 1.32 bits per heavy atom. The van der Waals surface area contributed by atoms with Crippen LogP contribution in [0.5, 0.6) is 0 Å². The van der Waals surface area contributed by atoms with E-state index < -0.39 is 0 Å². The van der Waals surface area contributed by atoms with Crippen molar-refractivity contribution in [2.45, 2.75) is 0 Å². The number of nitrogens with zero attached hydrogens (tertiary/aromatic N) is 10. The van der Waals surface area contributed by atoms with E-state index in [2.05, 4.69) is 179 Å². The topological polar surface area (TPSA) is 166 Å². The summed E-state index contributed by atoms with van der Waals surface area (Å²) in [6.45, 7) is 0. The van der Waals surface area contributed by atoms with Crippen molar-refractivity contribution in [3.63, 3.8) is 0 Å². The van der Waals surface area contributed by atoms with Gasteiger partial charge in [0.1, 0.15) is 56.3 Å². The van der Waals surface area contributed by atoms with Gasteiger partial charge in [0.25, 0.3) is 0 Å². The Morgan fingerprint density at radius 1 is 0.208 bits per heavy atom. The SMILES string of the molecule is c1ccc(-c2nc(-c3ccc4c(c3)oc3ccccc34)nc(-c3cccc4oc5cc(-c6nc7cc(-c8cc(-c9nc(-c%10ccccc%10)nc(-c%10cccc%11c%10oc%10ccccc%10%11)n9)c9c(c8)oc8cc(-c%10nc%11ccccc%11n%10-c%10ccccc%10)ccc89)ccc7n6-c6ccccc6)ccc5c34)n2)cc1. The van der Waals surface area contributed by atoms with Gasteiger partial charge in [0.15, 0.2) is 34.9 Å². The van der Waals surface area contributed by atoms with Crippen LogP contribution in [0.25, 0.3) is 223 Å². The van der Waals surface area contributed by atoms with Crippen molar-refractivity contribution in [3.8, 4) is 114 Å². The zero-order valence-electron chi connectivity index (χ0n) is 56.1. The molecule has 0 N–H and O–H groups in total. The van der Waals surface area contributed by atoms with E-state index in [-0.39, 0.29) is 0 Å². The standard InChI is InChI=1S/C92H52N10O4/c1-5-21-53(22-6-1)85-95-87(56-39-43-64-62-29-13-17-36-75(62)103-78(64)49-56)99-88(96-85)68-32-20-38-77-82(68)66-44-40-58(50-79(66)104-77)92-94-72-48-55(42-46-74(72)102(92)61-27-11-4-12-28-61)59-47-70(90-98-86(54-23-7-2-8-24-54)97-89(100-90)69-33-19-31-65-63-30-14-18-37-76(63)106-84(65)69)83-67-45-41-57(51-80(67)105-81(83)52-59)91-93-71-34-15-16-35-73(71)101(91)60-25-9-3-10-26-60/h1-52H. The van der Waals surface area contributed by atoms with E-state index >= 15 is 0 Å². The lowest BCUT2D eigenvalue weighted by Gasteiger charge is -2.12. The van der Waals surface area contributed by atoms with Crippen LogP contribution in [0.1, 0.15) is 0 Å². The normalized spacial score (nSPS) is 12.0. The van der Waals surface area contributed by atoms with Crippen LogP contribution in [0, 0.1) is 0 Å². The maximum Gasteiger partial charge on any atom is 0.167 e. The van der Waals surface area contributed by atoms with Gasteiger partial charge in [-0.15, -0.1) is 0 Å². The summed E-state index contributed by atoms with van der Waals surface area (Å²) >= 11 is 0. The summed E-state index contributed by atoms with van der Waals surface area (Å²) in [5, 5.41) is 7.57. The van der Waals surface area contributed by atoms with E-state index in [1.807, 2.05) is 146 Å². The van der Waals surface area contributed by atoms with Gasteiger partial charge < -0.3 is 17.7 Å². The van der Waals surface area contributed by atoms with Crippen molar-refractivity contribution in [1.82, 2.24) is 49.0 Å². The number of fused-ring (bicyclic) bond motifs is 14. The highest BCUT2D eigenvalue weighted by Crippen LogP contribution is 2.46. The third-order valence-electron chi connectivity index (χ3n) is 20.3. The smallest absolute Gasteiger partial charge is 0.167 e. The Labute approximate surface area is 602 Å². The predicted octanol–water partition coefficient (Wildman–Crippen LogP) is 23.3. The number of aromatic nitrogens is 10. The number of hydrogen-bond donors (Lipinski definition) is 0. The Kier molecular flexibility index (Phi) is 13.0. The molecule has 0 spiro atoms. The molecule has 0 aliphatic carbocycles. The fraction of sp³-hybridized carbons (Fsp3) is 0. The summed E-state index contributed by atoms with van der Waals surface area (Å²) in [6, 6.07) is 107. The molecular weight excluding hydrogens is 1310 g/mol. The van der Waals surface area contributed by atoms with Crippen LogP contribution < -0.4 is 0 Å². The lowest BCUT2D eigenvalue weighted by atomic mass is 9.97. The highest BCUT2D eigenvalue weighted by molar-refractivity contribution is 6.16. The third-order valence-corrected chi connectivity index (χ3v) is 20.3. The molecule has 0 bridgehead atoms. The first-order valence-electron chi connectivity index (χ1n) is 35.0. The highest BCUT2D eigenvalue weighted by Gasteiger charge is 2.27. The van der Waals surface area contributed by atoms with Crippen LogP contribution in [0.15, 0.2) is 333 Å². The van der Waals surface area contributed by atoms with Crippen LogP contribution in [0.4, 0.5) is 0 Å². The number of para-hydroxylation sites is 7. The minimum Gasteiger partial charge on any atom is -0.456 e. The monoisotopic (exact) mass is 1360 g/mol. The second-order valence-electron chi connectivity index (χ2n) is 26.5. The van der Waals surface area contributed by atoms with Gasteiger partial charge in [-0.05, 0) is 132 Å². The first kappa shape index (κ1) is 59.0. The van der Waals surface area contributed by atoms with Crippen molar-refractivity contribution >= 4 is 110 Å². The van der Waals surface area contributed by atoms with Crippen LogP contribution in [0.3, 0.4) is 0 Å². The summed E-state index contributed by atoms with van der Waals surface area (Å²) in [4.78, 5) is 42.5. The Bertz CT molecular complexity index is 7340. The fourth-order valence-electron chi connectivity index (χ4n) is 15.4. The fourth-order valence-corrected chi connectivity index (χ4v) is 15.4. The summed E-state index contributed by atoms with van der Waals surface area (Å²) in [5.74, 6) is 4.53. The van der Waals surface area contributed by atoms with Gasteiger partial charge in [-0.1, -0.05) is 194 Å². The summed E-state index contributed by atoms with van der Waals surface area (Å²) in [7, 11) is 0. The second kappa shape index (κ2) is 23.4. The maximum atomic E-state index is 7.20. The number of furan rings is 4.